The van der Waals surface area contributed by atoms with Crippen molar-refractivity contribution in [3.63, 3.8) is 0 Å². The van der Waals surface area contributed by atoms with E-state index < -0.39 is 0 Å². The van der Waals surface area contributed by atoms with Crippen molar-refractivity contribution >= 4 is 0 Å². The summed E-state index contributed by atoms with van der Waals surface area (Å²) in [4.78, 5) is 0. The second-order valence-electron chi connectivity index (χ2n) is 4.39. The van der Waals surface area contributed by atoms with Crippen LogP contribution in [0.25, 0.3) is 0 Å². The molecule has 92 valence electrons. The quantitative estimate of drug-likeness (QED) is 0.505. The minimum Gasteiger partial charge on any atom is -1.00 e. The first-order valence-corrected chi connectivity index (χ1v) is 6.27. The summed E-state index contributed by atoms with van der Waals surface area (Å²) in [6.45, 7) is 2.27. The Morgan fingerprint density at radius 3 is 2.12 bits per heavy atom. The number of hydrogen-bond donors (Lipinski definition) is 0. The number of halogens is 1. The van der Waals surface area contributed by atoms with E-state index in [1.54, 1.807) is 0 Å². The Morgan fingerprint density at radius 1 is 0.938 bits per heavy atom. The molecule has 0 amide bonds. The van der Waals surface area contributed by atoms with Gasteiger partial charge in [-0.3, -0.25) is 0 Å². The highest BCUT2D eigenvalue weighted by molar-refractivity contribution is 5.06. The van der Waals surface area contributed by atoms with E-state index >= 15 is 0 Å². The standard InChI is InChI=1S/C14H24N.BrH/c1-3-4-5-6-7-8-9-14-10-12-15(2)13-11-14;/h10-13H,3-9H2,1-2H3;1H/q+1;/p-1. The highest BCUT2D eigenvalue weighted by Gasteiger charge is 1.96. The molecule has 2 heteroatoms. The summed E-state index contributed by atoms with van der Waals surface area (Å²) < 4.78 is 2.09. The summed E-state index contributed by atoms with van der Waals surface area (Å²) in [7, 11) is 2.06. The molecule has 0 fully saturated rings. The Morgan fingerprint density at radius 2 is 1.50 bits per heavy atom. The molecule has 1 heterocycles. The molecule has 1 aromatic rings. The second-order valence-corrected chi connectivity index (χ2v) is 4.39. The number of hydrogen-bond acceptors (Lipinski definition) is 0. The van der Waals surface area contributed by atoms with Gasteiger partial charge in [-0.25, -0.2) is 4.57 Å². The Balaban J connectivity index is 0.00000225. The number of nitrogens with zero attached hydrogens (tertiary/aromatic N) is 1. The Hall–Kier alpha value is -0.370. The molecule has 0 saturated carbocycles. The summed E-state index contributed by atoms with van der Waals surface area (Å²) in [5.74, 6) is 0. The molecule has 16 heavy (non-hydrogen) atoms. The van der Waals surface area contributed by atoms with Crippen LogP contribution in [-0.2, 0) is 13.5 Å². The lowest BCUT2D eigenvalue weighted by Gasteiger charge is -2.00. The average Bonchev–Trinajstić information content (AvgIpc) is 2.26. The molecule has 0 radical (unpaired) electrons. The topological polar surface area (TPSA) is 3.88 Å². The molecule has 0 spiro atoms. The molecular formula is C14H24BrN. The molecule has 1 nitrogen and oxygen atoms in total. The van der Waals surface area contributed by atoms with Crippen molar-refractivity contribution in [3.05, 3.63) is 30.1 Å². The first kappa shape index (κ1) is 15.6. The molecule has 0 aromatic carbocycles. The van der Waals surface area contributed by atoms with Gasteiger partial charge in [-0.05, 0) is 18.4 Å². The first-order valence-electron chi connectivity index (χ1n) is 6.27. The van der Waals surface area contributed by atoms with Crippen molar-refractivity contribution in [3.8, 4) is 0 Å². The fourth-order valence-electron chi connectivity index (χ4n) is 1.81. The normalized spacial score (nSPS) is 9.88. The van der Waals surface area contributed by atoms with E-state index in [9.17, 15) is 0 Å². The number of aryl methyl sites for hydroxylation is 2. The third-order valence-corrected chi connectivity index (χ3v) is 2.87. The molecule has 1 aromatic heterocycles. The lowest BCUT2D eigenvalue weighted by Crippen LogP contribution is -3.00. The number of unbranched alkanes of at least 4 members (excludes halogenated alkanes) is 5. The van der Waals surface area contributed by atoms with E-state index in [2.05, 4.69) is 43.1 Å². The van der Waals surface area contributed by atoms with E-state index in [0.29, 0.717) is 0 Å². The van der Waals surface area contributed by atoms with Gasteiger partial charge in [0.2, 0.25) is 0 Å². The van der Waals surface area contributed by atoms with Crippen LogP contribution in [0.1, 0.15) is 51.0 Å². The predicted octanol–water partition coefficient (Wildman–Crippen LogP) is 0.418. The van der Waals surface area contributed by atoms with Crippen LogP contribution >= 0.6 is 0 Å². The predicted molar refractivity (Wildman–Crippen MR) is 64.7 cm³/mol. The first-order chi connectivity index (χ1) is 7.33. The monoisotopic (exact) mass is 285 g/mol. The van der Waals surface area contributed by atoms with Gasteiger partial charge in [0.1, 0.15) is 7.05 Å². The van der Waals surface area contributed by atoms with Gasteiger partial charge in [-0.15, -0.1) is 0 Å². The van der Waals surface area contributed by atoms with Gasteiger partial charge in [-0.2, -0.15) is 0 Å². The van der Waals surface area contributed by atoms with E-state index in [1.165, 1.54) is 50.5 Å². The van der Waals surface area contributed by atoms with Crippen molar-refractivity contribution in [2.75, 3.05) is 0 Å². The SMILES string of the molecule is CCCCCCCCc1cc[n+](C)cc1.[Br-]. The minimum absolute atomic E-state index is 0. The van der Waals surface area contributed by atoms with Crippen molar-refractivity contribution in [2.45, 2.75) is 51.9 Å². The zero-order valence-corrected chi connectivity index (χ0v) is 12.2. The van der Waals surface area contributed by atoms with E-state index in [0.717, 1.165) is 0 Å². The van der Waals surface area contributed by atoms with Crippen LogP contribution in [0, 0.1) is 0 Å². The summed E-state index contributed by atoms with van der Waals surface area (Å²) >= 11 is 0. The molecule has 0 aliphatic heterocycles. The maximum absolute atomic E-state index is 2.27. The highest BCUT2D eigenvalue weighted by atomic mass is 79.9. The van der Waals surface area contributed by atoms with Gasteiger partial charge in [0.05, 0.1) is 0 Å². The average molecular weight is 286 g/mol. The van der Waals surface area contributed by atoms with Crippen LogP contribution in [0.3, 0.4) is 0 Å². The number of pyridine rings is 1. The van der Waals surface area contributed by atoms with Crippen LogP contribution < -0.4 is 21.5 Å². The van der Waals surface area contributed by atoms with Gasteiger partial charge in [0, 0.05) is 12.1 Å². The molecule has 0 aliphatic carbocycles. The smallest absolute Gasteiger partial charge is 0.168 e. The summed E-state index contributed by atoms with van der Waals surface area (Å²) in [6, 6.07) is 4.46. The second kappa shape index (κ2) is 9.83. The van der Waals surface area contributed by atoms with Gasteiger partial charge in [0.25, 0.3) is 0 Å². The van der Waals surface area contributed by atoms with Crippen molar-refractivity contribution in [2.24, 2.45) is 7.05 Å². The lowest BCUT2D eigenvalue weighted by atomic mass is 10.1. The maximum atomic E-state index is 2.27. The van der Waals surface area contributed by atoms with Gasteiger partial charge in [-0.1, -0.05) is 39.0 Å². The Labute approximate surface area is 111 Å². The van der Waals surface area contributed by atoms with Crippen LogP contribution in [0.15, 0.2) is 24.5 Å². The molecule has 1 rings (SSSR count). The van der Waals surface area contributed by atoms with E-state index in [4.69, 9.17) is 0 Å². The minimum atomic E-state index is 0. The fourth-order valence-corrected chi connectivity index (χ4v) is 1.81. The number of aromatic nitrogens is 1. The van der Waals surface area contributed by atoms with Crippen LogP contribution in [0.4, 0.5) is 0 Å². The van der Waals surface area contributed by atoms with Crippen molar-refractivity contribution < 1.29 is 21.5 Å². The zero-order valence-electron chi connectivity index (χ0n) is 10.6. The third kappa shape index (κ3) is 7.00. The zero-order chi connectivity index (χ0) is 10.9. The fraction of sp³-hybridized carbons (Fsp3) is 0.643. The van der Waals surface area contributed by atoms with Crippen LogP contribution in [-0.4, -0.2) is 0 Å². The largest absolute Gasteiger partial charge is 1.00 e. The molecule has 0 unspecified atom stereocenters. The van der Waals surface area contributed by atoms with E-state index in [1.807, 2.05) is 0 Å². The molecule has 0 saturated heterocycles. The van der Waals surface area contributed by atoms with Gasteiger partial charge < -0.3 is 17.0 Å². The van der Waals surface area contributed by atoms with Crippen LogP contribution in [0.2, 0.25) is 0 Å². The van der Waals surface area contributed by atoms with Crippen molar-refractivity contribution in [1.29, 1.82) is 0 Å². The van der Waals surface area contributed by atoms with Gasteiger partial charge in [0.15, 0.2) is 12.4 Å². The summed E-state index contributed by atoms with van der Waals surface area (Å²) in [5.41, 5.74) is 1.48. The Bertz CT molecular complexity index is 256. The third-order valence-electron chi connectivity index (χ3n) is 2.87. The number of rotatable bonds is 7. The Kier molecular flexibility index (Phi) is 9.60. The van der Waals surface area contributed by atoms with E-state index in [-0.39, 0.29) is 17.0 Å². The lowest BCUT2D eigenvalue weighted by molar-refractivity contribution is -0.671. The van der Waals surface area contributed by atoms with Crippen molar-refractivity contribution in [1.82, 2.24) is 0 Å². The maximum Gasteiger partial charge on any atom is 0.168 e. The van der Waals surface area contributed by atoms with Crippen LogP contribution in [0.5, 0.6) is 0 Å². The molecule has 0 N–H and O–H groups in total. The molecule has 0 aliphatic rings. The highest BCUT2D eigenvalue weighted by Crippen LogP contribution is 2.08. The van der Waals surface area contributed by atoms with Gasteiger partial charge >= 0.3 is 0 Å². The molecule has 0 atom stereocenters. The summed E-state index contributed by atoms with van der Waals surface area (Å²) in [5, 5.41) is 0. The molecular weight excluding hydrogens is 262 g/mol. The summed E-state index contributed by atoms with van der Waals surface area (Å²) in [6.07, 6.45) is 13.8. The molecule has 0 bridgehead atoms.